The molecule has 0 spiro atoms. The molecule has 136 valence electrons. The second-order valence-electron chi connectivity index (χ2n) is 5.71. The number of nitrogens with two attached hydrogens (primary N) is 1. The van der Waals surface area contributed by atoms with Crippen LogP contribution in [0.2, 0.25) is 0 Å². The van der Waals surface area contributed by atoms with Crippen molar-refractivity contribution < 1.29 is 9.15 Å². The van der Waals surface area contributed by atoms with Gasteiger partial charge in [0.2, 0.25) is 0 Å². The van der Waals surface area contributed by atoms with E-state index in [1.165, 1.54) is 0 Å². The number of aromatic nitrogens is 5. The second kappa shape index (κ2) is 7.38. The largest absolute Gasteiger partial charge is 0.467 e. The fourth-order valence-corrected chi connectivity index (χ4v) is 2.59. The maximum Gasteiger partial charge on any atom is 0.321 e. The van der Waals surface area contributed by atoms with Crippen LogP contribution in [0, 0.1) is 0 Å². The summed E-state index contributed by atoms with van der Waals surface area (Å²) in [6.45, 7) is 2.28. The number of ether oxygens (including phenoxy) is 1. The summed E-state index contributed by atoms with van der Waals surface area (Å²) in [6, 6.07) is 14.9. The lowest BCUT2D eigenvalue weighted by Crippen LogP contribution is -2.18. The number of hydrogen-bond acceptors (Lipinski definition) is 7. The van der Waals surface area contributed by atoms with Gasteiger partial charge in [0, 0.05) is 11.8 Å². The SMILES string of the molecule is CCOc1nc(C(N)c2ccco2)nc(-n2ccc(-c3ccccc3)n2)n1. The predicted octanol–water partition coefficient (Wildman–Crippen LogP) is 2.76. The van der Waals surface area contributed by atoms with E-state index in [9.17, 15) is 0 Å². The number of nitrogens with zero attached hydrogens (tertiary/aromatic N) is 5. The molecular formula is C19H18N6O2. The van der Waals surface area contributed by atoms with Gasteiger partial charge in [-0.15, -0.1) is 0 Å². The molecule has 4 rings (SSSR count). The van der Waals surface area contributed by atoms with Crippen molar-refractivity contribution in [3.8, 4) is 23.2 Å². The summed E-state index contributed by atoms with van der Waals surface area (Å²) in [5.74, 6) is 1.22. The van der Waals surface area contributed by atoms with Gasteiger partial charge in [-0.25, -0.2) is 4.68 Å². The fourth-order valence-electron chi connectivity index (χ4n) is 2.59. The van der Waals surface area contributed by atoms with E-state index in [4.69, 9.17) is 14.9 Å². The summed E-state index contributed by atoms with van der Waals surface area (Å²) in [5, 5.41) is 4.56. The summed E-state index contributed by atoms with van der Waals surface area (Å²) in [6.07, 6.45) is 3.34. The van der Waals surface area contributed by atoms with Crippen LogP contribution in [-0.2, 0) is 0 Å². The molecular weight excluding hydrogens is 344 g/mol. The Labute approximate surface area is 155 Å². The summed E-state index contributed by atoms with van der Waals surface area (Å²) in [4.78, 5) is 13.1. The van der Waals surface area contributed by atoms with E-state index in [-0.39, 0.29) is 6.01 Å². The second-order valence-corrected chi connectivity index (χ2v) is 5.71. The minimum absolute atomic E-state index is 0.191. The highest BCUT2D eigenvalue weighted by atomic mass is 16.5. The van der Waals surface area contributed by atoms with E-state index < -0.39 is 6.04 Å². The van der Waals surface area contributed by atoms with E-state index in [0.29, 0.717) is 24.1 Å². The molecule has 4 aromatic rings. The van der Waals surface area contributed by atoms with Gasteiger partial charge in [-0.05, 0) is 25.1 Å². The van der Waals surface area contributed by atoms with Crippen LogP contribution in [0.25, 0.3) is 17.2 Å². The molecule has 1 aromatic carbocycles. The minimum atomic E-state index is -0.634. The Morgan fingerprint density at radius 1 is 1.07 bits per heavy atom. The Bertz CT molecular complexity index is 1010. The molecule has 8 heteroatoms. The molecule has 0 saturated carbocycles. The molecule has 0 bridgehead atoms. The van der Waals surface area contributed by atoms with Gasteiger partial charge in [-0.3, -0.25) is 0 Å². The van der Waals surface area contributed by atoms with E-state index in [0.717, 1.165) is 11.3 Å². The van der Waals surface area contributed by atoms with Crippen LogP contribution in [0.15, 0.2) is 65.4 Å². The minimum Gasteiger partial charge on any atom is -0.467 e. The molecule has 8 nitrogen and oxygen atoms in total. The lowest BCUT2D eigenvalue weighted by Gasteiger charge is -2.11. The third-order valence-electron chi connectivity index (χ3n) is 3.89. The van der Waals surface area contributed by atoms with Gasteiger partial charge in [0.05, 0.1) is 18.6 Å². The molecule has 1 atom stereocenters. The average molecular weight is 362 g/mol. The van der Waals surface area contributed by atoms with E-state index >= 15 is 0 Å². The lowest BCUT2D eigenvalue weighted by atomic mass is 10.2. The zero-order chi connectivity index (χ0) is 18.6. The van der Waals surface area contributed by atoms with Crippen LogP contribution < -0.4 is 10.5 Å². The Morgan fingerprint density at radius 3 is 2.67 bits per heavy atom. The highest BCUT2D eigenvalue weighted by Crippen LogP contribution is 2.21. The summed E-state index contributed by atoms with van der Waals surface area (Å²) in [5.41, 5.74) is 8.05. The van der Waals surface area contributed by atoms with Crippen LogP contribution >= 0.6 is 0 Å². The molecule has 0 aliphatic carbocycles. The van der Waals surface area contributed by atoms with Crippen molar-refractivity contribution in [3.05, 3.63) is 72.6 Å². The number of benzene rings is 1. The molecule has 0 amide bonds. The maximum atomic E-state index is 6.24. The van der Waals surface area contributed by atoms with E-state index in [1.807, 2.05) is 43.3 Å². The monoisotopic (exact) mass is 362 g/mol. The molecule has 3 heterocycles. The average Bonchev–Trinajstić information content (AvgIpc) is 3.40. The molecule has 0 aliphatic rings. The standard InChI is InChI=1S/C19H18N6O2/c1-2-26-19-22-17(16(20)15-9-6-12-27-15)21-18(23-19)25-11-10-14(24-25)13-7-4-3-5-8-13/h3-12,16H,2,20H2,1H3. The first-order valence-electron chi connectivity index (χ1n) is 8.54. The molecule has 1 unspecified atom stereocenters. The number of hydrogen-bond donors (Lipinski definition) is 1. The van der Waals surface area contributed by atoms with Crippen molar-refractivity contribution in [3.63, 3.8) is 0 Å². The Hall–Kier alpha value is -3.52. The molecule has 2 N–H and O–H groups in total. The van der Waals surface area contributed by atoms with Gasteiger partial charge in [-0.2, -0.15) is 20.1 Å². The van der Waals surface area contributed by atoms with Crippen molar-refractivity contribution in [2.45, 2.75) is 13.0 Å². The van der Waals surface area contributed by atoms with E-state index in [1.54, 1.807) is 29.3 Å². The Morgan fingerprint density at radius 2 is 1.93 bits per heavy atom. The van der Waals surface area contributed by atoms with Gasteiger partial charge >= 0.3 is 6.01 Å². The molecule has 27 heavy (non-hydrogen) atoms. The topological polar surface area (TPSA) is 105 Å². The first-order chi connectivity index (χ1) is 13.2. The first kappa shape index (κ1) is 16.9. The van der Waals surface area contributed by atoms with Gasteiger partial charge in [0.15, 0.2) is 5.82 Å². The lowest BCUT2D eigenvalue weighted by molar-refractivity contribution is 0.307. The molecule has 3 aromatic heterocycles. The van der Waals surface area contributed by atoms with Crippen molar-refractivity contribution in [2.24, 2.45) is 5.73 Å². The highest BCUT2D eigenvalue weighted by Gasteiger charge is 2.19. The van der Waals surface area contributed by atoms with Crippen molar-refractivity contribution in [2.75, 3.05) is 6.61 Å². The van der Waals surface area contributed by atoms with Crippen molar-refractivity contribution in [1.82, 2.24) is 24.7 Å². The van der Waals surface area contributed by atoms with Crippen LogP contribution in [0.4, 0.5) is 0 Å². The van der Waals surface area contributed by atoms with Gasteiger partial charge in [0.1, 0.15) is 11.8 Å². The quantitative estimate of drug-likeness (QED) is 0.562. The van der Waals surface area contributed by atoms with Crippen molar-refractivity contribution >= 4 is 0 Å². The third-order valence-corrected chi connectivity index (χ3v) is 3.89. The highest BCUT2D eigenvalue weighted by molar-refractivity contribution is 5.58. The Kier molecular flexibility index (Phi) is 4.63. The van der Waals surface area contributed by atoms with E-state index in [2.05, 4.69) is 20.1 Å². The normalized spacial score (nSPS) is 12.1. The van der Waals surface area contributed by atoms with Gasteiger partial charge < -0.3 is 14.9 Å². The smallest absolute Gasteiger partial charge is 0.321 e. The summed E-state index contributed by atoms with van der Waals surface area (Å²) >= 11 is 0. The predicted molar refractivity (Wildman–Crippen MR) is 98.3 cm³/mol. The molecule has 0 fully saturated rings. The van der Waals surface area contributed by atoms with Gasteiger partial charge in [0.25, 0.3) is 5.95 Å². The van der Waals surface area contributed by atoms with Gasteiger partial charge in [-0.1, -0.05) is 30.3 Å². The number of rotatable bonds is 6. The summed E-state index contributed by atoms with van der Waals surface area (Å²) < 4.78 is 12.4. The molecule has 0 radical (unpaired) electrons. The zero-order valence-electron chi connectivity index (χ0n) is 14.7. The number of furan rings is 1. The molecule has 0 aliphatic heterocycles. The third kappa shape index (κ3) is 3.56. The van der Waals surface area contributed by atoms with Crippen LogP contribution in [0.3, 0.4) is 0 Å². The summed E-state index contributed by atoms with van der Waals surface area (Å²) in [7, 11) is 0. The molecule has 0 saturated heterocycles. The first-order valence-corrected chi connectivity index (χ1v) is 8.54. The Balaban J connectivity index is 1.73. The van der Waals surface area contributed by atoms with Crippen molar-refractivity contribution in [1.29, 1.82) is 0 Å². The fraction of sp³-hybridized carbons (Fsp3) is 0.158. The zero-order valence-corrected chi connectivity index (χ0v) is 14.7. The van der Waals surface area contributed by atoms with Crippen LogP contribution in [0.1, 0.15) is 24.6 Å². The maximum absolute atomic E-state index is 6.24. The van der Waals surface area contributed by atoms with Crippen LogP contribution in [0.5, 0.6) is 6.01 Å². The van der Waals surface area contributed by atoms with Crippen LogP contribution in [-0.4, -0.2) is 31.3 Å².